The van der Waals surface area contributed by atoms with E-state index >= 15 is 0 Å². The molecule has 0 radical (unpaired) electrons. The second kappa shape index (κ2) is 13.1. The maximum absolute atomic E-state index is 6.51. The molecule has 4 heteroatoms. The predicted octanol–water partition coefficient (Wildman–Crippen LogP) is 15.9. The normalized spacial score (nSPS) is 11.8. The average molecular weight is 759 g/mol. The fraction of sp³-hybridized carbons (Fsp3) is 0. The van der Waals surface area contributed by atoms with Crippen LogP contribution in [0.5, 0.6) is 0 Å². The molecule has 0 bridgehead atoms. The van der Waals surface area contributed by atoms with Gasteiger partial charge in [0.2, 0.25) is 0 Å². The Morgan fingerprint density at radius 3 is 1.93 bits per heavy atom. The lowest BCUT2D eigenvalue weighted by Gasteiger charge is -2.27. The Morgan fingerprint density at radius 1 is 0.414 bits per heavy atom. The van der Waals surface area contributed by atoms with Gasteiger partial charge in [-0.3, -0.25) is 0 Å². The molecule has 58 heavy (non-hydrogen) atoms. The molecule has 12 rings (SSSR count). The van der Waals surface area contributed by atoms with Crippen molar-refractivity contribution in [1.29, 1.82) is 0 Å². The Kier molecular flexibility index (Phi) is 7.40. The second-order valence-corrected chi connectivity index (χ2v) is 15.9. The smallest absolute Gasteiger partial charge is 0.143 e. The van der Waals surface area contributed by atoms with E-state index in [1.54, 1.807) is 0 Å². The van der Waals surface area contributed by atoms with Crippen LogP contribution in [0.1, 0.15) is 0 Å². The number of benzene rings is 9. The summed E-state index contributed by atoms with van der Waals surface area (Å²) in [5, 5.41) is 7.30. The van der Waals surface area contributed by atoms with E-state index in [4.69, 9.17) is 4.42 Å². The minimum atomic E-state index is 0.905. The van der Waals surface area contributed by atoms with Crippen molar-refractivity contribution in [2.45, 2.75) is 0 Å². The van der Waals surface area contributed by atoms with Gasteiger partial charge < -0.3 is 13.9 Å². The Labute approximate surface area is 338 Å². The Bertz CT molecular complexity index is 3520. The topological polar surface area (TPSA) is 21.3 Å². The van der Waals surface area contributed by atoms with E-state index in [1.165, 1.54) is 42.0 Å². The van der Waals surface area contributed by atoms with E-state index in [-0.39, 0.29) is 0 Å². The summed E-state index contributed by atoms with van der Waals surface area (Å²) < 4.78 is 11.5. The fourth-order valence-corrected chi connectivity index (χ4v) is 10.2. The van der Waals surface area contributed by atoms with Crippen molar-refractivity contribution in [3.8, 4) is 27.9 Å². The van der Waals surface area contributed by atoms with Crippen LogP contribution in [0.25, 0.3) is 91.9 Å². The lowest BCUT2D eigenvalue weighted by molar-refractivity contribution is 0.670. The van der Waals surface area contributed by atoms with Crippen LogP contribution in [-0.2, 0) is 0 Å². The van der Waals surface area contributed by atoms with E-state index < -0.39 is 0 Å². The van der Waals surface area contributed by atoms with E-state index in [2.05, 4.69) is 204 Å². The number of thiophene rings is 1. The van der Waals surface area contributed by atoms with Crippen molar-refractivity contribution in [1.82, 2.24) is 4.57 Å². The number of hydrogen-bond donors (Lipinski definition) is 0. The van der Waals surface area contributed by atoms with Gasteiger partial charge in [-0.2, -0.15) is 0 Å². The minimum Gasteiger partial charge on any atom is -0.455 e. The summed E-state index contributed by atoms with van der Waals surface area (Å²) in [6, 6.07) is 74.4. The molecular weight excluding hydrogens is 725 g/mol. The monoisotopic (exact) mass is 758 g/mol. The van der Waals surface area contributed by atoms with Gasteiger partial charge in [-0.15, -0.1) is 11.3 Å². The Balaban J connectivity index is 1.05. The first-order chi connectivity index (χ1) is 28.8. The number of furan rings is 1. The summed E-state index contributed by atoms with van der Waals surface area (Å²) in [6.45, 7) is 0. The molecule has 0 aliphatic carbocycles. The van der Waals surface area contributed by atoms with Crippen LogP contribution in [0, 0.1) is 0 Å². The van der Waals surface area contributed by atoms with Crippen molar-refractivity contribution in [2.24, 2.45) is 0 Å². The first kappa shape index (κ1) is 32.8. The van der Waals surface area contributed by atoms with Crippen LogP contribution in [0.4, 0.5) is 17.1 Å². The van der Waals surface area contributed by atoms with Crippen molar-refractivity contribution in [2.75, 3.05) is 4.90 Å². The number of rotatable bonds is 6. The zero-order valence-electron chi connectivity index (χ0n) is 31.3. The van der Waals surface area contributed by atoms with E-state index in [0.717, 1.165) is 66.9 Å². The van der Waals surface area contributed by atoms with Crippen LogP contribution >= 0.6 is 11.3 Å². The van der Waals surface area contributed by atoms with Gasteiger partial charge in [0.25, 0.3) is 0 Å². The first-order valence-corrected chi connectivity index (χ1v) is 20.5. The molecule has 3 nitrogen and oxygen atoms in total. The lowest BCUT2D eigenvalue weighted by Crippen LogP contribution is -2.10. The zero-order chi connectivity index (χ0) is 38.2. The molecule has 0 unspecified atom stereocenters. The summed E-state index contributed by atoms with van der Waals surface area (Å²) in [6.07, 6.45) is 0. The number of hydrogen-bond acceptors (Lipinski definition) is 3. The van der Waals surface area contributed by atoms with Crippen molar-refractivity contribution in [3.05, 3.63) is 206 Å². The Hall–Kier alpha value is -7.40. The standard InChI is InChI=1S/C54H34N2OS/c1-2-14-36(15-3-1)56-48-24-9-6-18-41(48)42-33-32-38(34-50(42)56)55(49-25-13-23-47-44-20-8-11-27-52(44)58-54(47)49)37-30-28-35(29-31-37)39-16-4-5-17-40(39)45-21-12-22-46-43-19-7-10-26-51(43)57-53(45)46/h1-34H. The van der Waals surface area contributed by atoms with Gasteiger partial charge in [-0.1, -0.05) is 146 Å². The lowest BCUT2D eigenvalue weighted by atomic mass is 9.93. The molecule has 0 N–H and O–H groups in total. The van der Waals surface area contributed by atoms with Crippen molar-refractivity contribution >= 4 is 92.3 Å². The minimum absolute atomic E-state index is 0.905. The van der Waals surface area contributed by atoms with Gasteiger partial charge in [0.15, 0.2) is 0 Å². The number of fused-ring (bicyclic) bond motifs is 9. The number of nitrogens with zero attached hydrogens (tertiary/aromatic N) is 2. The third-order valence-corrected chi connectivity index (χ3v) is 12.8. The zero-order valence-corrected chi connectivity index (χ0v) is 32.2. The van der Waals surface area contributed by atoms with Crippen LogP contribution in [0.2, 0.25) is 0 Å². The molecule has 3 heterocycles. The average Bonchev–Trinajstić information content (AvgIpc) is 3.97. The Morgan fingerprint density at radius 2 is 1.05 bits per heavy atom. The summed E-state index contributed by atoms with van der Waals surface area (Å²) in [5.41, 5.74) is 13.2. The van der Waals surface area contributed by atoms with Crippen LogP contribution in [0.3, 0.4) is 0 Å². The van der Waals surface area contributed by atoms with E-state index in [0.29, 0.717) is 0 Å². The first-order valence-electron chi connectivity index (χ1n) is 19.7. The summed E-state index contributed by atoms with van der Waals surface area (Å²) in [7, 11) is 0. The molecule has 0 spiro atoms. The SMILES string of the molecule is c1ccc(-n2c3ccccc3c3ccc(N(c4ccc(-c5ccccc5-c5cccc6c5oc5ccccc56)cc4)c4cccc5c4sc4ccccc45)cc32)cc1. The van der Waals surface area contributed by atoms with Gasteiger partial charge in [0.05, 0.1) is 21.4 Å². The molecule has 12 aromatic rings. The van der Waals surface area contributed by atoms with Gasteiger partial charge in [-0.25, -0.2) is 0 Å². The molecule has 9 aromatic carbocycles. The fourth-order valence-electron chi connectivity index (χ4n) is 9.01. The van der Waals surface area contributed by atoms with Gasteiger partial charge >= 0.3 is 0 Å². The van der Waals surface area contributed by atoms with E-state index in [9.17, 15) is 0 Å². The number of anilines is 3. The number of para-hydroxylation sites is 4. The highest BCUT2D eigenvalue weighted by Crippen LogP contribution is 2.47. The molecule has 0 aliphatic heterocycles. The molecule has 0 atom stereocenters. The van der Waals surface area contributed by atoms with Crippen LogP contribution < -0.4 is 4.90 Å². The second-order valence-electron chi connectivity index (χ2n) is 14.8. The molecule has 0 saturated heterocycles. The summed E-state index contributed by atoms with van der Waals surface area (Å²) in [4.78, 5) is 2.44. The molecule has 0 saturated carbocycles. The highest BCUT2D eigenvalue weighted by molar-refractivity contribution is 7.26. The highest BCUT2D eigenvalue weighted by Gasteiger charge is 2.21. The largest absolute Gasteiger partial charge is 0.455 e. The van der Waals surface area contributed by atoms with Gasteiger partial charge in [-0.05, 0) is 77.4 Å². The summed E-state index contributed by atoms with van der Waals surface area (Å²) in [5.74, 6) is 0. The molecule has 0 fully saturated rings. The third kappa shape index (κ3) is 5.05. The highest BCUT2D eigenvalue weighted by atomic mass is 32.1. The van der Waals surface area contributed by atoms with Crippen molar-refractivity contribution in [3.63, 3.8) is 0 Å². The summed E-state index contributed by atoms with van der Waals surface area (Å²) >= 11 is 1.86. The quantitative estimate of drug-likeness (QED) is 0.168. The van der Waals surface area contributed by atoms with E-state index in [1.807, 2.05) is 23.5 Å². The molecule has 272 valence electrons. The third-order valence-electron chi connectivity index (χ3n) is 11.6. The molecule has 3 aromatic heterocycles. The van der Waals surface area contributed by atoms with Gasteiger partial charge in [0, 0.05) is 59.6 Å². The van der Waals surface area contributed by atoms with Crippen LogP contribution in [0.15, 0.2) is 211 Å². The molecule has 0 aliphatic rings. The maximum atomic E-state index is 6.51. The number of aromatic nitrogens is 1. The predicted molar refractivity (Wildman–Crippen MR) is 247 cm³/mol. The molecule has 0 amide bonds. The maximum Gasteiger partial charge on any atom is 0.143 e. The van der Waals surface area contributed by atoms with Crippen LogP contribution in [-0.4, -0.2) is 4.57 Å². The van der Waals surface area contributed by atoms with Crippen molar-refractivity contribution < 1.29 is 4.42 Å². The molecular formula is C54H34N2OS. The van der Waals surface area contributed by atoms with Gasteiger partial charge in [0.1, 0.15) is 11.2 Å².